The molecule has 1 aliphatic rings. The molecule has 1 saturated heterocycles. The summed E-state index contributed by atoms with van der Waals surface area (Å²) in [5.41, 5.74) is 0.767. The van der Waals surface area contributed by atoms with Gasteiger partial charge in [0.25, 0.3) is 0 Å². The van der Waals surface area contributed by atoms with Gasteiger partial charge in [-0.3, -0.25) is 4.79 Å². The van der Waals surface area contributed by atoms with Crippen molar-refractivity contribution in [3.63, 3.8) is 0 Å². The van der Waals surface area contributed by atoms with Crippen LogP contribution in [0.2, 0.25) is 0 Å². The maximum Gasteiger partial charge on any atom is 0.410 e. The van der Waals surface area contributed by atoms with Crippen LogP contribution in [0.1, 0.15) is 40.5 Å². The molecular weight excluding hydrogens is 246 g/mol. The molecule has 5 nitrogen and oxygen atoms in total. The quantitative estimate of drug-likeness (QED) is 0.571. The van der Waals surface area contributed by atoms with E-state index in [1.165, 1.54) is 12.5 Å². The average molecular weight is 269 g/mol. The third-order valence-corrected chi connectivity index (χ3v) is 2.72. The average Bonchev–Trinajstić information content (AvgIpc) is 2.27. The highest BCUT2D eigenvalue weighted by molar-refractivity contribution is 5.68. The number of esters is 1. The smallest absolute Gasteiger partial charge is 0.410 e. The van der Waals surface area contributed by atoms with Crippen molar-refractivity contribution in [3.8, 4) is 0 Å². The summed E-state index contributed by atoms with van der Waals surface area (Å²) in [7, 11) is 0. The van der Waals surface area contributed by atoms with E-state index >= 15 is 0 Å². The van der Waals surface area contributed by atoms with Gasteiger partial charge in [-0.25, -0.2) is 4.79 Å². The monoisotopic (exact) mass is 269 g/mol. The van der Waals surface area contributed by atoms with E-state index in [1.54, 1.807) is 4.90 Å². The third kappa shape index (κ3) is 6.27. The van der Waals surface area contributed by atoms with Crippen LogP contribution in [0.15, 0.2) is 11.6 Å². The standard InChI is InChI=1S/C14H23NO4/c1-11(16)18-10-7-12-5-8-15(9-6-12)13(17)19-14(2,3)4/h7H,5-6,8-10H2,1-4H3. The first kappa shape index (κ1) is 15.5. The summed E-state index contributed by atoms with van der Waals surface area (Å²) in [6.45, 7) is 8.60. The number of amides is 1. The van der Waals surface area contributed by atoms with Crippen molar-refractivity contribution in [3.05, 3.63) is 11.6 Å². The zero-order valence-corrected chi connectivity index (χ0v) is 12.2. The van der Waals surface area contributed by atoms with Crippen LogP contribution in [0.3, 0.4) is 0 Å². The van der Waals surface area contributed by atoms with Crippen molar-refractivity contribution in [2.75, 3.05) is 19.7 Å². The van der Waals surface area contributed by atoms with Gasteiger partial charge >= 0.3 is 12.1 Å². The van der Waals surface area contributed by atoms with Gasteiger partial charge in [-0.2, -0.15) is 0 Å². The minimum Gasteiger partial charge on any atom is -0.462 e. The first-order valence-electron chi connectivity index (χ1n) is 6.57. The Morgan fingerprint density at radius 3 is 2.32 bits per heavy atom. The molecule has 0 unspecified atom stereocenters. The predicted molar refractivity (Wildman–Crippen MR) is 71.8 cm³/mol. The van der Waals surface area contributed by atoms with Crippen LogP contribution < -0.4 is 0 Å². The first-order valence-corrected chi connectivity index (χ1v) is 6.57. The summed E-state index contributed by atoms with van der Waals surface area (Å²) in [6.07, 6.45) is 3.28. The Morgan fingerprint density at radius 2 is 1.84 bits per heavy atom. The lowest BCUT2D eigenvalue weighted by molar-refractivity contribution is -0.139. The largest absolute Gasteiger partial charge is 0.462 e. The second-order valence-corrected chi connectivity index (χ2v) is 5.63. The van der Waals surface area contributed by atoms with Crippen LogP contribution in [-0.2, 0) is 14.3 Å². The van der Waals surface area contributed by atoms with Gasteiger partial charge in [0.05, 0.1) is 0 Å². The van der Waals surface area contributed by atoms with Gasteiger partial charge in [0.15, 0.2) is 0 Å². The van der Waals surface area contributed by atoms with Gasteiger partial charge in [-0.1, -0.05) is 5.57 Å². The van der Waals surface area contributed by atoms with E-state index in [2.05, 4.69) is 0 Å². The maximum atomic E-state index is 11.8. The van der Waals surface area contributed by atoms with E-state index < -0.39 is 5.60 Å². The lowest BCUT2D eigenvalue weighted by atomic mass is 10.0. The van der Waals surface area contributed by atoms with E-state index in [1.807, 2.05) is 26.8 Å². The molecule has 0 N–H and O–H groups in total. The number of hydrogen-bond donors (Lipinski definition) is 0. The molecule has 5 heteroatoms. The molecule has 0 saturated carbocycles. The van der Waals surface area contributed by atoms with Gasteiger partial charge in [0, 0.05) is 20.0 Å². The Morgan fingerprint density at radius 1 is 1.26 bits per heavy atom. The van der Waals surface area contributed by atoms with Crippen LogP contribution >= 0.6 is 0 Å². The fraction of sp³-hybridized carbons (Fsp3) is 0.714. The topological polar surface area (TPSA) is 55.8 Å². The van der Waals surface area contributed by atoms with E-state index in [0.29, 0.717) is 19.7 Å². The number of carbonyl (C=O) groups is 2. The van der Waals surface area contributed by atoms with Crippen LogP contribution in [0.4, 0.5) is 4.79 Å². The van der Waals surface area contributed by atoms with Crippen LogP contribution in [0, 0.1) is 0 Å². The molecule has 0 aromatic heterocycles. The zero-order valence-electron chi connectivity index (χ0n) is 12.2. The number of piperidine rings is 1. The van der Waals surface area contributed by atoms with Gasteiger partial charge in [0.2, 0.25) is 0 Å². The Bertz CT molecular complexity index is 358. The van der Waals surface area contributed by atoms with Gasteiger partial charge in [-0.05, 0) is 39.7 Å². The number of ether oxygens (including phenoxy) is 2. The first-order chi connectivity index (χ1) is 8.78. The van der Waals surface area contributed by atoms with Crippen LogP contribution in [0.25, 0.3) is 0 Å². The Kier molecular flexibility index (Phi) is 5.39. The summed E-state index contributed by atoms with van der Waals surface area (Å²) in [5.74, 6) is -0.275. The second kappa shape index (κ2) is 6.59. The minimum atomic E-state index is -0.456. The number of rotatable bonds is 2. The molecule has 0 aromatic rings. The van der Waals surface area contributed by atoms with Crippen LogP contribution in [-0.4, -0.2) is 42.3 Å². The second-order valence-electron chi connectivity index (χ2n) is 5.63. The molecule has 0 atom stereocenters. The van der Waals surface area contributed by atoms with Crippen molar-refractivity contribution in [1.29, 1.82) is 0 Å². The predicted octanol–water partition coefficient (Wildman–Crippen LogP) is 2.51. The van der Waals surface area contributed by atoms with E-state index in [4.69, 9.17) is 9.47 Å². The summed E-state index contributed by atoms with van der Waals surface area (Å²) in [4.78, 5) is 24.2. The Hall–Kier alpha value is -1.52. The molecule has 1 amide bonds. The normalized spacial score (nSPS) is 16.0. The van der Waals surface area contributed by atoms with Crippen molar-refractivity contribution in [1.82, 2.24) is 4.90 Å². The molecule has 1 heterocycles. The summed E-state index contributed by atoms with van der Waals surface area (Å²) < 4.78 is 10.2. The van der Waals surface area contributed by atoms with Crippen molar-refractivity contribution in [2.45, 2.75) is 46.1 Å². The molecule has 1 fully saturated rings. The Balaban J connectivity index is 2.36. The number of nitrogens with zero attached hydrogens (tertiary/aromatic N) is 1. The van der Waals surface area contributed by atoms with E-state index in [-0.39, 0.29) is 12.1 Å². The van der Waals surface area contributed by atoms with E-state index in [9.17, 15) is 9.59 Å². The van der Waals surface area contributed by atoms with Crippen molar-refractivity contribution < 1.29 is 19.1 Å². The van der Waals surface area contributed by atoms with Crippen molar-refractivity contribution >= 4 is 12.1 Å². The molecule has 0 aliphatic carbocycles. The van der Waals surface area contributed by atoms with Crippen LogP contribution in [0.5, 0.6) is 0 Å². The van der Waals surface area contributed by atoms with Gasteiger partial charge in [-0.15, -0.1) is 0 Å². The lowest BCUT2D eigenvalue weighted by Gasteiger charge is -2.31. The van der Waals surface area contributed by atoms with Crippen molar-refractivity contribution in [2.24, 2.45) is 0 Å². The minimum absolute atomic E-state index is 0.258. The summed E-state index contributed by atoms with van der Waals surface area (Å²) in [6, 6.07) is 0. The highest BCUT2D eigenvalue weighted by Gasteiger charge is 2.24. The molecule has 19 heavy (non-hydrogen) atoms. The molecule has 0 bridgehead atoms. The maximum absolute atomic E-state index is 11.8. The number of carbonyl (C=O) groups excluding carboxylic acids is 2. The molecule has 1 aliphatic heterocycles. The fourth-order valence-corrected chi connectivity index (χ4v) is 1.78. The Labute approximate surface area is 114 Å². The van der Waals surface area contributed by atoms with Gasteiger partial charge in [0.1, 0.15) is 12.2 Å². The molecule has 108 valence electrons. The highest BCUT2D eigenvalue weighted by atomic mass is 16.6. The fourth-order valence-electron chi connectivity index (χ4n) is 1.78. The number of hydrogen-bond acceptors (Lipinski definition) is 4. The van der Waals surface area contributed by atoms with E-state index in [0.717, 1.165) is 12.8 Å². The van der Waals surface area contributed by atoms with Gasteiger partial charge < -0.3 is 14.4 Å². The molecule has 0 radical (unpaired) electrons. The zero-order chi connectivity index (χ0) is 14.5. The molecule has 0 spiro atoms. The lowest BCUT2D eigenvalue weighted by Crippen LogP contribution is -2.40. The summed E-state index contributed by atoms with van der Waals surface area (Å²) >= 11 is 0. The highest BCUT2D eigenvalue weighted by Crippen LogP contribution is 2.18. The summed E-state index contributed by atoms with van der Waals surface area (Å²) in [5, 5.41) is 0. The molecule has 0 aromatic carbocycles. The molecular formula is C14H23NO4. The third-order valence-electron chi connectivity index (χ3n) is 2.72. The molecule has 1 rings (SSSR count). The number of likely N-dealkylation sites (tertiary alicyclic amines) is 1. The SMILES string of the molecule is CC(=O)OCC=C1CCN(C(=O)OC(C)(C)C)CC1.